The highest BCUT2D eigenvalue weighted by molar-refractivity contribution is 7.92. The Morgan fingerprint density at radius 1 is 1.17 bits per heavy atom. The predicted octanol–water partition coefficient (Wildman–Crippen LogP) is 3.70. The van der Waals surface area contributed by atoms with Crippen LogP contribution in [0, 0.1) is 0 Å². The molecule has 152 valence electrons. The third kappa shape index (κ3) is 4.55. The summed E-state index contributed by atoms with van der Waals surface area (Å²) in [6.45, 7) is 0.158. The van der Waals surface area contributed by atoms with Gasteiger partial charge in [0.05, 0.1) is 41.1 Å². The van der Waals surface area contributed by atoms with Crippen LogP contribution in [0.25, 0.3) is 0 Å². The van der Waals surface area contributed by atoms with Crippen molar-refractivity contribution in [2.75, 3.05) is 18.5 Å². The van der Waals surface area contributed by atoms with Crippen LogP contribution >= 0.6 is 11.6 Å². The number of carbonyl (C=O) groups excluding carboxylic acids is 1. The van der Waals surface area contributed by atoms with Crippen LogP contribution in [-0.4, -0.2) is 28.5 Å². The van der Waals surface area contributed by atoms with Gasteiger partial charge in [0, 0.05) is 7.05 Å². The number of rotatable bonds is 7. The van der Waals surface area contributed by atoms with E-state index in [9.17, 15) is 13.2 Å². The first-order chi connectivity index (χ1) is 13.8. The van der Waals surface area contributed by atoms with Gasteiger partial charge in [0.1, 0.15) is 11.5 Å². The summed E-state index contributed by atoms with van der Waals surface area (Å²) in [6, 6.07) is 14.0. The van der Waals surface area contributed by atoms with E-state index in [2.05, 4.69) is 5.32 Å². The van der Waals surface area contributed by atoms with Crippen LogP contribution in [0.1, 0.15) is 16.1 Å². The molecule has 0 bridgehead atoms. The third-order valence-electron chi connectivity index (χ3n) is 4.28. The zero-order chi connectivity index (χ0) is 21.0. The maximum absolute atomic E-state index is 13.0. The van der Waals surface area contributed by atoms with E-state index in [0.29, 0.717) is 17.2 Å². The van der Waals surface area contributed by atoms with E-state index in [4.69, 9.17) is 20.8 Å². The zero-order valence-electron chi connectivity index (χ0n) is 15.8. The van der Waals surface area contributed by atoms with Crippen molar-refractivity contribution < 1.29 is 22.4 Å². The van der Waals surface area contributed by atoms with Crippen LogP contribution in [0.3, 0.4) is 0 Å². The lowest BCUT2D eigenvalue weighted by Gasteiger charge is -2.20. The van der Waals surface area contributed by atoms with Gasteiger partial charge in [0.2, 0.25) is 0 Å². The van der Waals surface area contributed by atoms with Gasteiger partial charge >= 0.3 is 0 Å². The number of carbonyl (C=O) groups is 1. The molecule has 0 fully saturated rings. The summed E-state index contributed by atoms with van der Waals surface area (Å²) >= 11 is 6.13. The Balaban J connectivity index is 1.85. The topological polar surface area (TPSA) is 88.8 Å². The van der Waals surface area contributed by atoms with Gasteiger partial charge in [-0.3, -0.25) is 9.10 Å². The first-order valence-electron chi connectivity index (χ1n) is 8.56. The molecule has 9 heteroatoms. The Labute approximate surface area is 173 Å². The van der Waals surface area contributed by atoms with E-state index in [1.165, 1.54) is 38.6 Å². The molecular formula is C20H19ClN2O5S. The molecule has 0 aliphatic rings. The summed E-state index contributed by atoms with van der Waals surface area (Å²) < 4.78 is 37.4. The number of amides is 1. The SMILES string of the molecule is COc1ccc(N(C)S(=O)(=O)c2ccc(Cl)c(C(=O)NCc3ccco3)c2)cc1. The molecule has 2 aromatic carbocycles. The van der Waals surface area contributed by atoms with Crippen LogP contribution in [0.2, 0.25) is 5.02 Å². The average Bonchev–Trinajstić information content (AvgIpc) is 3.25. The number of hydrogen-bond donors (Lipinski definition) is 1. The fourth-order valence-electron chi connectivity index (χ4n) is 2.60. The number of ether oxygens (including phenoxy) is 1. The Hall–Kier alpha value is -2.97. The van der Waals surface area contributed by atoms with Gasteiger partial charge in [-0.25, -0.2) is 8.42 Å². The van der Waals surface area contributed by atoms with E-state index >= 15 is 0 Å². The summed E-state index contributed by atoms with van der Waals surface area (Å²) in [4.78, 5) is 12.4. The number of hydrogen-bond acceptors (Lipinski definition) is 5. The van der Waals surface area contributed by atoms with Gasteiger partial charge in [-0.1, -0.05) is 11.6 Å². The number of nitrogens with zero attached hydrogens (tertiary/aromatic N) is 1. The van der Waals surface area contributed by atoms with E-state index < -0.39 is 15.9 Å². The lowest BCUT2D eigenvalue weighted by Crippen LogP contribution is -2.27. The lowest BCUT2D eigenvalue weighted by molar-refractivity contribution is 0.0948. The largest absolute Gasteiger partial charge is 0.497 e. The fourth-order valence-corrected chi connectivity index (χ4v) is 4.03. The first-order valence-corrected chi connectivity index (χ1v) is 10.4. The summed E-state index contributed by atoms with van der Waals surface area (Å²) in [5.74, 6) is 0.676. The molecule has 29 heavy (non-hydrogen) atoms. The molecule has 3 rings (SSSR count). The fraction of sp³-hybridized carbons (Fsp3) is 0.150. The van der Waals surface area contributed by atoms with Crippen LogP contribution in [0.5, 0.6) is 5.75 Å². The number of nitrogens with one attached hydrogen (secondary N) is 1. The van der Waals surface area contributed by atoms with Gasteiger partial charge in [-0.05, 0) is 54.6 Å². The normalized spacial score (nSPS) is 11.1. The molecule has 1 heterocycles. The smallest absolute Gasteiger partial charge is 0.264 e. The highest BCUT2D eigenvalue weighted by atomic mass is 35.5. The molecule has 1 aromatic heterocycles. The maximum atomic E-state index is 13.0. The van der Waals surface area contributed by atoms with E-state index in [1.54, 1.807) is 36.4 Å². The number of sulfonamides is 1. The highest BCUT2D eigenvalue weighted by Crippen LogP contribution is 2.27. The molecule has 0 radical (unpaired) electrons. The van der Waals surface area contributed by atoms with E-state index in [-0.39, 0.29) is 22.0 Å². The average molecular weight is 435 g/mol. The molecule has 0 unspecified atom stereocenters. The Morgan fingerprint density at radius 2 is 1.90 bits per heavy atom. The lowest BCUT2D eigenvalue weighted by atomic mass is 10.2. The van der Waals surface area contributed by atoms with E-state index in [0.717, 1.165) is 4.31 Å². The van der Waals surface area contributed by atoms with Gasteiger partial charge in [0.25, 0.3) is 15.9 Å². The van der Waals surface area contributed by atoms with Gasteiger partial charge in [-0.2, -0.15) is 0 Å². The quantitative estimate of drug-likeness (QED) is 0.612. The minimum atomic E-state index is -3.91. The van der Waals surface area contributed by atoms with Crippen LogP contribution in [-0.2, 0) is 16.6 Å². The molecule has 0 atom stereocenters. The minimum absolute atomic E-state index is 0.0524. The van der Waals surface area contributed by atoms with Gasteiger partial charge < -0.3 is 14.5 Å². The van der Waals surface area contributed by atoms with Crippen molar-refractivity contribution >= 4 is 33.2 Å². The summed E-state index contributed by atoms with van der Waals surface area (Å²) in [5.41, 5.74) is 0.506. The third-order valence-corrected chi connectivity index (χ3v) is 6.39. The maximum Gasteiger partial charge on any atom is 0.264 e. The Morgan fingerprint density at radius 3 is 2.52 bits per heavy atom. The second-order valence-corrected chi connectivity index (χ2v) is 8.45. The molecule has 0 aliphatic carbocycles. The zero-order valence-corrected chi connectivity index (χ0v) is 17.3. The van der Waals surface area contributed by atoms with Gasteiger partial charge in [-0.15, -0.1) is 0 Å². The van der Waals surface area contributed by atoms with Crippen LogP contribution < -0.4 is 14.4 Å². The molecule has 0 aliphatic heterocycles. The van der Waals surface area contributed by atoms with Crippen molar-refractivity contribution in [3.8, 4) is 5.75 Å². The predicted molar refractivity (Wildman–Crippen MR) is 110 cm³/mol. The minimum Gasteiger partial charge on any atom is -0.497 e. The van der Waals surface area contributed by atoms with Crippen molar-refractivity contribution in [3.05, 3.63) is 77.2 Å². The molecule has 0 saturated heterocycles. The molecule has 1 N–H and O–H groups in total. The van der Waals surface area contributed by atoms with Crippen molar-refractivity contribution in [2.45, 2.75) is 11.4 Å². The first kappa shape index (κ1) is 20.8. The summed E-state index contributed by atoms with van der Waals surface area (Å²) in [7, 11) is -0.945. The summed E-state index contributed by atoms with van der Waals surface area (Å²) in [6.07, 6.45) is 1.50. The van der Waals surface area contributed by atoms with E-state index in [1.807, 2.05) is 0 Å². The Bertz CT molecular complexity index is 1100. The van der Waals surface area contributed by atoms with Crippen molar-refractivity contribution in [3.63, 3.8) is 0 Å². The van der Waals surface area contributed by atoms with Gasteiger partial charge in [0.15, 0.2) is 0 Å². The van der Waals surface area contributed by atoms with Crippen molar-refractivity contribution in [2.24, 2.45) is 0 Å². The molecule has 1 amide bonds. The second kappa shape index (κ2) is 8.59. The van der Waals surface area contributed by atoms with Crippen molar-refractivity contribution in [1.29, 1.82) is 0 Å². The second-order valence-electron chi connectivity index (χ2n) is 6.07. The standard InChI is InChI=1S/C20H19ClN2O5S/c1-23(14-5-7-15(27-2)8-6-14)29(25,26)17-9-10-19(21)18(12-17)20(24)22-13-16-4-3-11-28-16/h3-12H,13H2,1-2H3,(H,22,24). The molecule has 7 nitrogen and oxygen atoms in total. The molecular weight excluding hydrogens is 416 g/mol. The number of halogens is 1. The molecule has 0 spiro atoms. The number of benzene rings is 2. The van der Waals surface area contributed by atoms with Crippen LogP contribution in [0.15, 0.2) is 70.2 Å². The summed E-state index contributed by atoms with van der Waals surface area (Å²) in [5, 5.41) is 2.80. The van der Waals surface area contributed by atoms with Crippen molar-refractivity contribution in [1.82, 2.24) is 5.32 Å². The highest BCUT2D eigenvalue weighted by Gasteiger charge is 2.24. The van der Waals surface area contributed by atoms with Crippen LogP contribution in [0.4, 0.5) is 5.69 Å². The molecule has 3 aromatic rings. The monoisotopic (exact) mass is 434 g/mol. The number of anilines is 1. The number of furan rings is 1. The molecule has 0 saturated carbocycles. The number of methoxy groups -OCH3 is 1. The Kier molecular flexibility index (Phi) is 6.14.